The Balaban J connectivity index is 1.52. The molecule has 2 aliphatic rings. The Hall–Kier alpha value is -3.19. The predicted molar refractivity (Wildman–Crippen MR) is 120 cm³/mol. The average Bonchev–Trinajstić information content (AvgIpc) is 3.24. The van der Waals surface area contributed by atoms with Crippen molar-refractivity contribution in [3.8, 4) is 11.1 Å². The first kappa shape index (κ1) is 19.8. The van der Waals surface area contributed by atoms with Crippen LogP contribution in [0.4, 0.5) is 0 Å². The first-order valence-corrected chi connectivity index (χ1v) is 12.1. The van der Waals surface area contributed by atoms with Crippen molar-refractivity contribution < 1.29 is 18.0 Å². The van der Waals surface area contributed by atoms with Gasteiger partial charge < -0.3 is 10.2 Å². The highest BCUT2D eigenvalue weighted by Crippen LogP contribution is 2.33. The average molecular weight is 435 g/mol. The zero-order valence-electron chi connectivity index (χ0n) is 17.1. The van der Waals surface area contributed by atoms with Gasteiger partial charge in [0.25, 0.3) is 11.8 Å². The van der Waals surface area contributed by atoms with Crippen LogP contribution in [-0.2, 0) is 16.4 Å². The summed E-state index contributed by atoms with van der Waals surface area (Å²) in [4.78, 5) is 26.9. The van der Waals surface area contributed by atoms with Gasteiger partial charge in [-0.25, -0.2) is 8.42 Å². The second kappa shape index (κ2) is 7.20. The Labute approximate surface area is 180 Å². The third-order valence-electron chi connectivity index (χ3n) is 6.14. The number of nitrogens with zero attached hydrogens (tertiary/aromatic N) is 1. The van der Waals surface area contributed by atoms with E-state index in [4.69, 9.17) is 0 Å². The van der Waals surface area contributed by atoms with E-state index in [1.807, 2.05) is 48.5 Å². The van der Waals surface area contributed by atoms with Crippen LogP contribution < -0.4 is 5.32 Å². The molecule has 7 heteroatoms. The van der Waals surface area contributed by atoms with E-state index >= 15 is 0 Å². The molecule has 0 spiro atoms. The molecule has 3 aromatic carbocycles. The van der Waals surface area contributed by atoms with Gasteiger partial charge in [0.1, 0.15) is 0 Å². The summed E-state index contributed by atoms with van der Waals surface area (Å²) in [6.45, 7) is 0.588. The molecule has 31 heavy (non-hydrogen) atoms. The molecule has 3 aromatic rings. The zero-order valence-corrected chi connectivity index (χ0v) is 17.9. The number of rotatable bonds is 3. The van der Waals surface area contributed by atoms with Crippen molar-refractivity contribution in [1.29, 1.82) is 0 Å². The van der Waals surface area contributed by atoms with Crippen LogP contribution in [0.25, 0.3) is 21.9 Å². The van der Waals surface area contributed by atoms with Gasteiger partial charge in [0, 0.05) is 30.8 Å². The number of amides is 2. The SMILES string of the molecule is CN1Cc2cc(-c3cccc4c(C(=O)NC5CCS(=O)(=O)C5)cccc34)ccc2C1=O. The summed E-state index contributed by atoms with van der Waals surface area (Å²) >= 11 is 0. The van der Waals surface area contributed by atoms with Gasteiger partial charge in [0.05, 0.1) is 11.5 Å². The highest BCUT2D eigenvalue weighted by molar-refractivity contribution is 7.91. The molecule has 1 unspecified atom stereocenters. The van der Waals surface area contributed by atoms with E-state index in [-0.39, 0.29) is 29.4 Å². The fourth-order valence-corrected chi connectivity index (χ4v) is 6.24. The molecule has 1 saturated heterocycles. The van der Waals surface area contributed by atoms with Crippen molar-refractivity contribution in [2.75, 3.05) is 18.6 Å². The maximum Gasteiger partial charge on any atom is 0.254 e. The summed E-state index contributed by atoms with van der Waals surface area (Å²) in [6, 6.07) is 16.9. The van der Waals surface area contributed by atoms with E-state index < -0.39 is 9.84 Å². The summed E-state index contributed by atoms with van der Waals surface area (Å²) in [6.07, 6.45) is 0.451. The van der Waals surface area contributed by atoms with Gasteiger partial charge >= 0.3 is 0 Å². The molecule has 2 aliphatic heterocycles. The highest BCUT2D eigenvalue weighted by Gasteiger charge is 2.29. The third-order valence-corrected chi connectivity index (χ3v) is 7.90. The predicted octanol–water partition coefficient (Wildman–Crippen LogP) is 3.01. The lowest BCUT2D eigenvalue weighted by molar-refractivity contribution is 0.0816. The summed E-state index contributed by atoms with van der Waals surface area (Å²) in [7, 11) is -1.27. The molecule has 2 amide bonds. The molecule has 158 valence electrons. The number of carbonyl (C=O) groups excluding carboxylic acids is 2. The van der Waals surface area contributed by atoms with Gasteiger partial charge in [-0.05, 0) is 52.1 Å². The second-order valence-electron chi connectivity index (χ2n) is 8.31. The molecule has 6 nitrogen and oxygen atoms in total. The zero-order chi connectivity index (χ0) is 21.8. The third kappa shape index (κ3) is 3.49. The van der Waals surface area contributed by atoms with Gasteiger partial charge in [-0.15, -0.1) is 0 Å². The fourth-order valence-electron chi connectivity index (χ4n) is 4.57. The Kier molecular flexibility index (Phi) is 4.59. The molecular weight excluding hydrogens is 412 g/mol. The van der Waals surface area contributed by atoms with Crippen molar-refractivity contribution >= 4 is 32.4 Å². The van der Waals surface area contributed by atoms with Crippen LogP contribution >= 0.6 is 0 Å². The number of hydrogen-bond donors (Lipinski definition) is 1. The largest absolute Gasteiger partial charge is 0.348 e. The molecule has 1 fully saturated rings. The maximum absolute atomic E-state index is 13.0. The van der Waals surface area contributed by atoms with Crippen LogP contribution in [-0.4, -0.2) is 49.7 Å². The Morgan fingerprint density at radius 3 is 2.58 bits per heavy atom. The van der Waals surface area contributed by atoms with Gasteiger partial charge in [-0.2, -0.15) is 0 Å². The molecular formula is C24H22N2O4S. The van der Waals surface area contributed by atoms with Crippen LogP contribution in [0, 0.1) is 0 Å². The van der Waals surface area contributed by atoms with Crippen LogP contribution in [0.5, 0.6) is 0 Å². The summed E-state index contributed by atoms with van der Waals surface area (Å²) < 4.78 is 23.4. The van der Waals surface area contributed by atoms with Crippen molar-refractivity contribution in [2.45, 2.75) is 19.0 Å². The molecule has 0 aromatic heterocycles. The molecule has 0 bridgehead atoms. The maximum atomic E-state index is 13.0. The molecule has 0 aliphatic carbocycles. The lowest BCUT2D eigenvalue weighted by Gasteiger charge is -2.14. The lowest BCUT2D eigenvalue weighted by atomic mass is 9.93. The van der Waals surface area contributed by atoms with Gasteiger partial charge in [-0.1, -0.05) is 36.4 Å². The van der Waals surface area contributed by atoms with E-state index in [2.05, 4.69) is 5.32 Å². The summed E-state index contributed by atoms with van der Waals surface area (Å²) in [5.74, 6) is -0.108. The Morgan fingerprint density at radius 1 is 1.03 bits per heavy atom. The number of sulfone groups is 1. The van der Waals surface area contributed by atoms with Crippen molar-refractivity contribution in [3.63, 3.8) is 0 Å². The Bertz CT molecular complexity index is 1350. The first-order chi connectivity index (χ1) is 14.8. The minimum atomic E-state index is -3.06. The highest BCUT2D eigenvalue weighted by atomic mass is 32.2. The standard InChI is InChI=1S/C24H22N2O4S/c1-26-13-16-12-15(8-9-19(16)24(26)28)18-4-2-6-21-20(18)5-3-7-22(21)23(27)25-17-10-11-31(29,30)14-17/h2-9,12,17H,10-11,13-14H2,1H3,(H,25,27). The Morgan fingerprint density at radius 2 is 1.81 bits per heavy atom. The number of nitrogens with one attached hydrogen (secondary N) is 1. The van der Waals surface area contributed by atoms with Gasteiger partial charge in [0.15, 0.2) is 9.84 Å². The molecule has 2 heterocycles. The molecule has 1 atom stereocenters. The van der Waals surface area contributed by atoms with Crippen molar-refractivity contribution in [2.24, 2.45) is 0 Å². The van der Waals surface area contributed by atoms with E-state index in [1.54, 1.807) is 18.0 Å². The number of hydrogen-bond acceptors (Lipinski definition) is 4. The quantitative estimate of drug-likeness (QED) is 0.687. The monoisotopic (exact) mass is 434 g/mol. The number of benzene rings is 3. The number of fused-ring (bicyclic) bond motifs is 2. The first-order valence-electron chi connectivity index (χ1n) is 10.2. The van der Waals surface area contributed by atoms with Crippen LogP contribution in [0.3, 0.4) is 0 Å². The van der Waals surface area contributed by atoms with Crippen molar-refractivity contribution in [3.05, 3.63) is 71.3 Å². The minimum absolute atomic E-state index is 0.00293. The van der Waals surface area contributed by atoms with Crippen LogP contribution in [0.1, 0.15) is 32.7 Å². The van der Waals surface area contributed by atoms with E-state index in [0.29, 0.717) is 18.5 Å². The van der Waals surface area contributed by atoms with Gasteiger partial charge in [-0.3, -0.25) is 9.59 Å². The lowest BCUT2D eigenvalue weighted by Crippen LogP contribution is -2.35. The smallest absolute Gasteiger partial charge is 0.254 e. The minimum Gasteiger partial charge on any atom is -0.348 e. The van der Waals surface area contributed by atoms with Gasteiger partial charge in [0.2, 0.25) is 0 Å². The van der Waals surface area contributed by atoms with E-state index in [0.717, 1.165) is 33.0 Å². The van der Waals surface area contributed by atoms with Crippen molar-refractivity contribution in [1.82, 2.24) is 10.2 Å². The molecule has 1 N–H and O–H groups in total. The van der Waals surface area contributed by atoms with E-state index in [1.165, 1.54) is 0 Å². The summed E-state index contributed by atoms with van der Waals surface area (Å²) in [5, 5.41) is 4.63. The molecule has 5 rings (SSSR count). The fraction of sp³-hybridized carbons (Fsp3) is 0.250. The number of carbonyl (C=O) groups is 2. The van der Waals surface area contributed by atoms with E-state index in [9.17, 15) is 18.0 Å². The van der Waals surface area contributed by atoms with Crippen LogP contribution in [0.2, 0.25) is 0 Å². The molecule has 0 radical (unpaired) electrons. The summed E-state index contributed by atoms with van der Waals surface area (Å²) in [5.41, 5.74) is 4.24. The topological polar surface area (TPSA) is 83.6 Å². The normalized spacial score (nSPS) is 19.6. The molecule has 0 saturated carbocycles. The second-order valence-corrected chi connectivity index (χ2v) is 10.5. The van der Waals surface area contributed by atoms with Crippen LogP contribution in [0.15, 0.2) is 54.6 Å².